The molecule has 1 aliphatic heterocycles. The van der Waals surface area contributed by atoms with Crippen LogP contribution in [0.25, 0.3) is 21.5 Å². The molecule has 0 unspecified atom stereocenters. The number of esters is 1. The van der Waals surface area contributed by atoms with E-state index in [2.05, 4.69) is 45.4 Å². The fourth-order valence-electron chi connectivity index (χ4n) is 8.33. The molecule has 4 heterocycles. The maximum atomic E-state index is 13.5. The van der Waals surface area contributed by atoms with Crippen LogP contribution in [-0.2, 0) is 24.2 Å². The van der Waals surface area contributed by atoms with E-state index in [1.54, 1.807) is 0 Å². The normalized spacial score (nSPS) is 21.0. The van der Waals surface area contributed by atoms with Crippen LogP contribution in [0.4, 0.5) is 10.9 Å². The van der Waals surface area contributed by atoms with Crippen LogP contribution < -0.4 is 10.2 Å². The van der Waals surface area contributed by atoms with Crippen molar-refractivity contribution in [1.29, 1.82) is 0 Å². The van der Waals surface area contributed by atoms with E-state index in [1.165, 1.54) is 37.7 Å². The number of nitrogens with zero attached hydrogens (tertiary/aromatic N) is 6. The van der Waals surface area contributed by atoms with Gasteiger partial charge in [0.15, 0.2) is 10.8 Å². The van der Waals surface area contributed by atoms with Crippen LogP contribution in [0.1, 0.15) is 70.8 Å². The van der Waals surface area contributed by atoms with Crippen LogP contribution >= 0.6 is 11.3 Å². The van der Waals surface area contributed by atoms with Crippen LogP contribution in [-0.4, -0.2) is 50.5 Å². The second kappa shape index (κ2) is 11.8. The van der Waals surface area contributed by atoms with Crippen LogP contribution in [0.15, 0.2) is 54.6 Å². The molecule has 5 aromatic rings. The summed E-state index contributed by atoms with van der Waals surface area (Å²) in [5, 5.41) is 12.7. The third-order valence-electron chi connectivity index (χ3n) is 11.3. The summed E-state index contributed by atoms with van der Waals surface area (Å²) in [6.07, 6.45) is 4.55. The number of benzene rings is 2. The number of methoxy groups -OCH3 is 1. The van der Waals surface area contributed by atoms with Crippen molar-refractivity contribution < 1.29 is 14.3 Å². The van der Waals surface area contributed by atoms with Gasteiger partial charge in [0.2, 0.25) is 0 Å². The Hall–Kier alpha value is -4.64. The molecule has 1 amide bonds. The number of thiazole rings is 1. The van der Waals surface area contributed by atoms with Gasteiger partial charge in [0.05, 0.1) is 23.0 Å². The zero-order valence-corrected chi connectivity index (χ0v) is 28.5. The Morgan fingerprint density at radius 3 is 2.71 bits per heavy atom. The van der Waals surface area contributed by atoms with Crippen LogP contribution in [0, 0.1) is 30.1 Å². The van der Waals surface area contributed by atoms with Gasteiger partial charge >= 0.3 is 5.97 Å². The summed E-state index contributed by atoms with van der Waals surface area (Å²) in [7, 11) is 1.37. The van der Waals surface area contributed by atoms with E-state index in [9.17, 15) is 9.59 Å². The number of aromatic nitrogens is 5. The summed E-state index contributed by atoms with van der Waals surface area (Å²) >= 11 is 1.46. The minimum Gasteiger partial charge on any atom is -0.464 e. The highest BCUT2D eigenvalue weighted by molar-refractivity contribution is 7.22. The van der Waals surface area contributed by atoms with Crippen LogP contribution in [0.2, 0.25) is 0 Å². The fraction of sp³-hybridized carbons (Fsp3) is 0.405. The first kappa shape index (κ1) is 30.7. The van der Waals surface area contributed by atoms with Crippen LogP contribution in [0.3, 0.4) is 0 Å². The van der Waals surface area contributed by atoms with Crippen molar-refractivity contribution in [3.63, 3.8) is 0 Å². The lowest BCUT2D eigenvalue weighted by Gasteiger charge is -2.60. The summed E-state index contributed by atoms with van der Waals surface area (Å²) in [6, 6.07) is 17.5. The maximum absolute atomic E-state index is 13.5. The molecule has 9 rings (SSSR count). The largest absolute Gasteiger partial charge is 0.464 e. The molecule has 1 N–H and O–H groups in total. The highest BCUT2D eigenvalue weighted by Gasteiger charge is 2.54. The zero-order valence-electron chi connectivity index (χ0n) is 27.7. The van der Waals surface area contributed by atoms with Crippen molar-refractivity contribution in [1.82, 2.24) is 25.0 Å². The molecule has 48 heavy (non-hydrogen) atoms. The molecule has 3 fully saturated rings. The molecule has 10 nitrogen and oxygen atoms in total. The van der Waals surface area contributed by atoms with Gasteiger partial charge in [0.25, 0.3) is 5.91 Å². The molecule has 246 valence electrons. The Balaban J connectivity index is 1.05. The Morgan fingerprint density at radius 1 is 1.06 bits per heavy atom. The number of hydrogen-bond donors (Lipinski definition) is 1. The number of ether oxygens (including phenoxy) is 1. The van der Waals surface area contributed by atoms with E-state index in [-0.39, 0.29) is 11.6 Å². The van der Waals surface area contributed by atoms with Crippen molar-refractivity contribution in [3.8, 4) is 11.3 Å². The predicted octanol–water partition coefficient (Wildman–Crippen LogP) is 6.93. The topological polar surface area (TPSA) is 115 Å². The molecule has 2 bridgehead atoms. The number of nitrogens with one attached hydrogen (secondary N) is 1. The van der Waals surface area contributed by atoms with E-state index < -0.39 is 5.97 Å². The molecule has 4 aliphatic rings. The van der Waals surface area contributed by atoms with Gasteiger partial charge in [-0.15, -0.1) is 5.10 Å². The van der Waals surface area contributed by atoms with Crippen molar-refractivity contribution in [3.05, 3.63) is 82.7 Å². The second-order valence-corrected chi connectivity index (χ2v) is 15.0. The molecule has 0 spiro atoms. The Bertz CT molecular complexity index is 2030. The molecular formula is C37H39N7O3S. The standard InChI is InChI=1S/C37H39N7O3S/c1-21-32(41-42-44(21)19-23-12-13-24-18-28(23)37(24,2)3)26-14-15-31(39-33(26)35(46)47-4)43-17-16-22-8-7-9-25(27(22)20-43)34(45)40-36-38-29-10-5-6-11-30(29)48-36/h5-11,14-15,23-24,28H,12-13,16-20H2,1-4H3,(H,38,40,45)/t23-,24-,28-/m0/s1. The smallest absolute Gasteiger partial charge is 0.357 e. The number of pyridine rings is 1. The predicted molar refractivity (Wildman–Crippen MR) is 186 cm³/mol. The molecule has 3 aliphatic carbocycles. The number of rotatable bonds is 7. The molecule has 3 aromatic heterocycles. The van der Waals surface area contributed by atoms with Gasteiger partial charge in [0, 0.05) is 30.8 Å². The van der Waals surface area contributed by atoms with E-state index >= 15 is 0 Å². The van der Waals surface area contributed by atoms with Gasteiger partial charge in [-0.25, -0.2) is 19.4 Å². The molecule has 3 atom stereocenters. The van der Waals surface area contributed by atoms with Gasteiger partial charge < -0.3 is 9.64 Å². The quantitative estimate of drug-likeness (QED) is 0.187. The molecule has 0 radical (unpaired) electrons. The summed E-state index contributed by atoms with van der Waals surface area (Å²) in [5.41, 5.74) is 6.31. The lowest BCUT2D eigenvalue weighted by molar-refractivity contribution is -0.109. The van der Waals surface area contributed by atoms with Crippen molar-refractivity contribution in [2.45, 2.75) is 59.5 Å². The van der Waals surface area contributed by atoms with E-state index in [0.717, 1.165) is 45.9 Å². The van der Waals surface area contributed by atoms with E-state index in [0.29, 0.717) is 58.1 Å². The van der Waals surface area contributed by atoms with Gasteiger partial charge in [0.1, 0.15) is 11.5 Å². The number of fused-ring (bicyclic) bond motifs is 4. The monoisotopic (exact) mass is 661 g/mol. The van der Waals surface area contributed by atoms with Crippen molar-refractivity contribution in [2.75, 3.05) is 23.9 Å². The van der Waals surface area contributed by atoms with Crippen molar-refractivity contribution >= 4 is 44.4 Å². The minimum atomic E-state index is -0.524. The molecular weight excluding hydrogens is 623 g/mol. The molecule has 11 heteroatoms. The lowest BCUT2D eigenvalue weighted by atomic mass is 9.45. The van der Waals surface area contributed by atoms with Gasteiger partial charge in [-0.2, -0.15) is 0 Å². The summed E-state index contributed by atoms with van der Waals surface area (Å²) in [5.74, 6) is 2.06. The van der Waals surface area contributed by atoms with Gasteiger partial charge in [-0.3, -0.25) is 10.1 Å². The average Bonchev–Trinajstić information content (AvgIpc) is 3.69. The lowest BCUT2D eigenvalue weighted by Crippen LogP contribution is -2.53. The van der Waals surface area contributed by atoms with E-state index in [4.69, 9.17) is 9.72 Å². The number of carbonyl (C=O) groups is 2. The second-order valence-electron chi connectivity index (χ2n) is 14.0. The highest BCUT2D eigenvalue weighted by atomic mass is 32.1. The summed E-state index contributed by atoms with van der Waals surface area (Å²) < 4.78 is 8.23. The number of amides is 1. The van der Waals surface area contributed by atoms with Crippen LogP contribution in [0.5, 0.6) is 0 Å². The molecule has 3 saturated carbocycles. The number of para-hydroxylation sites is 1. The van der Waals surface area contributed by atoms with Gasteiger partial charge in [-0.05, 0) is 97.2 Å². The summed E-state index contributed by atoms with van der Waals surface area (Å²) in [4.78, 5) is 38.2. The average molecular weight is 662 g/mol. The fourth-order valence-corrected chi connectivity index (χ4v) is 9.19. The molecule has 0 saturated heterocycles. The Morgan fingerprint density at radius 2 is 1.92 bits per heavy atom. The first-order valence-electron chi connectivity index (χ1n) is 16.7. The maximum Gasteiger partial charge on any atom is 0.357 e. The zero-order chi connectivity index (χ0) is 33.2. The van der Waals surface area contributed by atoms with Gasteiger partial charge in [-0.1, -0.05) is 54.7 Å². The third-order valence-corrected chi connectivity index (χ3v) is 12.2. The number of hydrogen-bond acceptors (Lipinski definition) is 9. The Kier molecular flexibility index (Phi) is 7.54. The molecule has 2 aromatic carbocycles. The SMILES string of the molecule is COC(=O)c1nc(N2CCc3cccc(C(=O)Nc4nc5ccccc5s4)c3C2)ccc1-c1nnn(C[C@@H]2CC[C@H]3C[C@@H]2C3(C)C)c1C. The summed E-state index contributed by atoms with van der Waals surface area (Å²) in [6.45, 7) is 8.84. The third kappa shape index (κ3) is 5.15. The Labute approximate surface area is 283 Å². The highest BCUT2D eigenvalue weighted by Crippen LogP contribution is 2.61. The van der Waals surface area contributed by atoms with Crippen molar-refractivity contribution in [2.24, 2.45) is 23.2 Å². The van der Waals surface area contributed by atoms with E-state index in [1.807, 2.05) is 60.1 Å². The first-order valence-corrected chi connectivity index (χ1v) is 17.6. The minimum absolute atomic E-state index is 0.196. The first-order chi connectivity index (χ1) is 23.2. The number of carbonyl (C=O) groups excluding carboxylic acids is 2. The number of anilines is 2.